The molecule has 0 saturated carbocycles. The number of thiophene rings is 1. The lowest BCUT2D eigenvalue weighted by Crippen LogP contribution is -2.45. The zero-order chi connectivity index (χ0) is 21.4. The molecule has 2 aromatic rings. The van der Waals surface area contributed by atoms with Crippen molar-refractivity contribution in [2.45, 2.75) is 32.4 Å². The van der Waals surface area contributed by atoms with Gasteiger partial charge in [0.15, 0.2) is 11.8 Å². The molecule has 3 N–H and O–H groups in total. The smallest absolute Gasteiger partial charge is 0.191 e. The molecule has 9 nitrogen and oxygen atoms in total. The van der Waals surface area contributed by atoms with Crippen LogP contribution in [-0.4, -0.2) is 76.7 Å². The Hall–Kier alpha value is -2.01. The molecule has 0 aromatic carbocycles. The summed E-state index contributed by atoms with van der Waals surface area (Å²) in [4.78, 5) is 7.08. The van der Waals surface area contributed by atoms with Gasteiger partial charge in [-0.05, 0) is 49.2 Å². The standard InChI is InChI=1S/C20H33N7O2S/c1-16-24-25-18(26(16)3)13-22-19(21-6-4-7-27-8-10-29-11-9-27)23-15-20(2,28)17-5-12-30-14-17/h5,12,14,28H,4,6-11,13,15H2,1-3H3,(H2,21,22,23). The first-order chi connectivity index (χ1) is 14.5. The SMILES string of the molecule is Cc1nnc(CN=C(NCCCN2CCOCC2)NCC(C)(O)c2ccsc2)n1C. The number of nitrogens with one attached hydrogen (secondary N) is 2. The predicted octanol–water partition coefficient (Wildman–Crippen LogP) is 0.850. The molecule has 1 unspecified atom stereocenters. The number of morpholine rings is 1. The van der Waals surface area contributed by atoms with Crippen molar-refractivity contribution in [3.05, 3.63) is 34.0 Å². The highest BCUT2D eigenvalue weighted by Crippen LogP contribution is 2.21. The van der Waals surface area contributed by atoms with Gasteiger partial charge in [-0.3, -0.25) is 4.90 Å². The Kier molecular flexibility index (Phi) is 8.20. The molecule has 30 heavy (non-hydrogen) atoms. The van der Waals surface area contributed by atoms with Gasteiger partial charge in [0, 0.05) is 26.7 Å². The van der Waals surface area contributed by atoms with E-state index >= 15 is 0 Å². The van der Waals surface area contributed by atoms with E-state index in [4.69, 9.17) is 4.74 Å². The molecule has 3 rings (SSSR count). The van der Waals surface area contributed by atoms with Crippen LogP contribution in [0.1, 0.15) is 30.6 Å². The Labute approximate surface area is 182 Å². The molecule has 0 bridgehead atoms. The molecule has 0 aliphatic carbocycles. The van der Waals surface area contributed by atoms with Crippen molar-refractivity contribution in [2.24, 2.45) is 12.0 Å². The number of hydrogen-bond acceptors (Lipinski definition) is 7. The topological polar surface area (TPSA) is 99.8 Å². The molecule has 3 heterocycles. The maximum Gasteiger partial charge on any atom is 0.191 e. The first-order valence-corrected chi connectivity index (χ1v) is 11.3. The van der Waals surface area contributed by atoms with Crippen LogP contribution in [0, 0.1) is 6.92 Å². The van der Waals surface area contributed by atoms with E-state index in [1.807, 2.05) is 42.3 Å². The first-order valence-electron chi connectivity index (χ1n) is 10.4. The Morgan fingerprint density at radius 3 is 2.80 bits per heavy atom. The normalized spacial score (nSPS) is 17.7. The van der Waals surface area contributed by atoms with Gasteiger partial charge in [-0.25, -0.2) is 4.99 Å². The molecule has 1 atom stereocenters. The van der Waals surface area contributed by atoms with Gasteiger partial charge in [-0.15, -0.1) is 10.2 Å². The number of aryl methyl sites for hydroxylation is 1. The van der Waals surface area contributed by atoms with Gasteiger partial charge in [-0.1, -0.05) is 0 Å². The van der Waals surface area contributed by atoms with E-state index in [-0.39, 0.29) is 0 Å². The zero-order valence-corrected chi connectivity index (χ0v) is 18.9. The molecular formula is C20H33N7O2S. The Morgan fingerprint density at radius 2 is 2.13 bits per heavy atom. The third kappa shape index (κ3) is 6.49. The second kappa shape index (κ2) is 10.9. The van der Waals surface area contributed by atoms with Crippen LogP contribution in [-0.2, 0) is 23.9 Å². The summed E-state index contributed by atoms with van der Waals surface area (Å²) in [5.74, 6) is 2.31. The van der Waals surface area contributed by atoms with Crippen molar-refractivity contribution < 1.29 is 9.84 Å². The minimum atomic E-state index is -0.975. The van der Waals surface area contributed by atoms with Crippen LogP contribution in [0.15, 0.2) is 21.8 Å². The Morgan fingerprint density at radius 1 is 1.33 bits per heavy atom. The first kappa shape index (κ1) is 22.7. The fraction of sp³-hybridized carbons (Fsp3) is 0.650. The fourth-order valence-corrected chi connectivity index (χ4v) is 3.96. The summed E-state index contributed by atoms with van der Waals surface area (Å²) in [7, 11) is 1.93. The zero-order valence-electron chi connectivity index (χ0n) is 18.1. The van der Waals surface area contributed by atoms with E-state index in [0.29, 0.717) is 19.0 Å². The molecule has 166 valence electrons. The van der Waals surface area contributed by atoms with Gasteiger partial charge >= 0.3 is 0 Å². The summed E-state index contributed by atoms with van der Waals surface area (Å²) >= 11 is 1.58. The predicted molar refractivity (Wildman–Crippen MR) is 119 cm³/mol. The van der Waals surface area contributed by atoms with Gasteiger partial charge in [-0.2, -0.15) is 11.3 Å². The van der Waals surface area contributed by atoms with Gasteiger partial charge in [0.1, 0.15) is 18.0 Å². The van der Waals surface area contributed by atoms with Crippen LogP contribution < -0.4 is 10.6 Å². The lowest BCUT2D eigenvalue weighted by Gasteiger charge is -2.27. The van der Waals surface area contributed by atoms with Crippen LogP contribution in [0.4, 0.5) is 0 Å². The van der Waals surface area contributed by atoms with Crippen molar-refractivity contribution >= 4 is 17.3 Å². The fourth-order valence-electron chi connectivity index (χ4n) is 3.18. The van der Waals surface area contributed by atoms with Crippen LogP contribution in [0.3, 0.4) is 0 Å². The molecule has 0 spiro atoms. The summed E-state index contributed by atoms with van der Waals surface area (Å²) in [5, 5.41) is 29.7. The van der Waals surface area contributed by atoms with Crippen LogP contribution in [0.2, 0.25) is 0 Å². The molecule has 1 fully saturated rings. The Balaban J connectivity index is 1.55. The number of nitrogens with zero attached hydrogens (tertiary/aromatic N) is 5. The average molecular weight is 436 g/mol. The monoisotopic (exact) mass is 435 g/mol. The molecule has 1 aliphatic rings. The van der Waals surface area contributed by atoms with Crippen molar-refractivity contribution in [3.8, 4) is 0 Å². The number of rotatable bonds is 9. The van der Waals surface area contributed by atoms with Gasteiger partial charge in [0.25, 0.3) is 0 Å². The summed E-state index contributed by atoms with van der Waals surface area (Å²) in [6, 6.07) is 1.95. The maximum absolute atomic E-state index is 10.8. The number of aliphatic imine (C=N–C) groups is 1. The molecule has 0 radical (unpaired) electrons. The average Bonchev–Trinajstić information content (AvgIpc) is 3.40. The largest absolute Gasteiger partial charge is 0.384 e. The molecular weight excluding hydrogens is 402 g/mol. The third-order valence-corrected chi connectivity index (χ3v) is 6.03. The molecule has 1 aliphatic heterocycles. The van der Waals surface area contributed by atoms with Crippen molar-refractivity contribution in [2.75, 3.05) is 45.9 Å². The number of ether oxygens (including phenoxy) is 1. The Bertz CT molecular complexity index is 798. The van der Waals surface area contributed by atoms with Crippen LogP contribution in [0.5, 0.6) is 0 Å². The van der Waals surface area contributed by atoms with Gasteiger partial charge < -0.3 is 25.0 Å². The van der Waals surface area contributed by atoms with Crippen molar-refractivity contribution in [3.63, 3.8) is 0 Å². The summed E-state index contributed by atoms with van der Waals surface area (Å²) < 4.78 is 7.33. The van der Waals surface area contributed by atoms with Crippen molar-refractivity contribution in [1.29, 1.82) is 0 Å². The molecule has 1 saturated heterocycles. The molecule has 2 aromatic heterocycles. The van der Waals surface area contributed by atoms with Gasteiger partial charge in [0.2, 0.25) is 0 Å². The van der Waals surface area contributed by atoms with E-state index < -0.39 is 5.60 Å². The molecule has 10 heteroatoms. The second-order valence-electron chi connectivity index (χ2n) is 7.76. The quantitative estimate of drug-likeness (QED) is 0.305. The lowest BCUT2D eigenvalue weighted by atomic mass is 9.99. The highest BCUT2D eigenvalue weighted by Gasteiger charge is 2.23. The highest BCUT2D eigenvalue weighted by molar-refractivity contribution is 7.08. The maximum atomic E-state index is 10.8. The van der Waals surface area contributed by atoms with Crippen LogP contribution in [0.25, 0.3) is 0 Å². The van der Waals surface area contributed by atoms with E-state index in [2.05, 4.69) is 30.7 Å². The summed E-state index contributed by atoms with van der Waals surface area (Å²) in [5.41, 5.74) is -0.0759. The summed E-state index contributed by atoms with van der Waals surface area (Å²) in [6.45, 7) is 9.94. The van der Waals surface area contributed by atoms with Gasteiger partial charge in [0.05, 0.1) is 19.8 Å². The number of guanidine groups is 1. The minimum absolute atomic E-state index is 0.358. The second-order valence-corrected chi connectivity index (χ2v) is 8.54. The van der Waals surface area contributed by atoms with E-state index in [9.17, 15) is 5.11 Å². The number of aliphatic hydroxyl groups is 1. The van der Waals surface area contributed by atoms with E-state index in [1.165, 1.54) is 0 Å². The van der Waals surface area contributed by atoms with E-state index in [0.717, 1.165) is 63.0 Å². The number of aromatic nitrogens is 3. The van der Waals surface area contributed by atoms with Crippen molar-refractivity contribution in [1.82, 2.24) is 30.3 Å². The highest BCUT2D eigenvalue weighted by atomic mass is 32.1. The summed E-state index contributed by atoms with van der Waals surface area (Å²) in [6.07, 6.45) is 1.00. The minimum Gasteiger partial charge on any atom is -0.384 e. The number of hydrogen-bond donors (Lipinski definition) is 3. The third-order valence-electron chi connectivity index (χ3n) is 5.35. The molecule has 0 amide bonds. The van der Waals surface area contributed by atoms with Crippen LogP contribution >= 0.6 is 11.3 Å². The lowest BCUT2D eigenvalue weighted by molar-refractivity contribution is 0.0376. The van der Waals surface area contributed by atoms with E-state index in [1.54, 1.807) is 11.3 Å².